The molecule has 6 heteroatoms. The first kappa shape index (κ1) is 11.9. The maximum Gasteiger partial charge on any atom is 0.277 e. The van der Waals surface area contributed by atoms with Crippen LogP contribution >= 0.6 is 0 Å². The third-order valence-corrected chi connectivity index (χ3v) is 3.63. The van der Waals surface area contributed by atoms with Crippen LogP contribution in [0.1, 0.15) is 5.56 Å². The van der Waals surface area contributed by atoms with Crippen molar-refractivity contribution < 1.29 is 0 Å². The SMILES string of the molecule is Cn1cc(Cn2c(=O)c3cncn3c3ccccc32)cn1. The summed E-state index contributed by atoms with van der Waals surface area (Å²) >= 11 is 0. The van der Waals surface area contributed by atoms with Gasteiger partial charge in [0.25, 0.3) is 5.56 Å². The van der Waals surface area contributed by atoms with Crippen LogP contribution in [0.15, 0.2) is 54.0 Å². The molecule has 6 nitrogen and oxygen atoms in total. The number of nitrogens with zero attached hydrogens (tertiary/aromatic N) is 5. The van der Waals surface area contributed by atoms with Crippen LogP contribution in [0.2, 0.25) is 0 Å². The van der Waals surface area contributed by atoms with Crippen LogP contribution in [-0.4, -0.2) is 23.7 Å². The smallest absolute Gasteiger partial charge is 0.277 e. The third-order valence-electron chi connectivity index (χ3n) is 3.63. The highest BCUT2D eigenvalue weighted by Crippen LogP contribution is 2.15. The van der Waals surface area contributed by atoms with Gasteiger partial charge in [-0.15, -0.1) is 0 Å². The molecule has 4 rings (SSSR count). The molecule has 0 amide bonds. The van der Waals surface area contributed by atoms with E-state index in [1.807, 2.05) is 41.9 Å². The second-order valence-electron chi connectivity index (χ2n) is 5.05. The summed E-state index contributed by atoms with van der Waals surface area (Å²) in [6, 6.07) is 7.83. The highest BCUT2D eigenvalue weighted by atomic mass is 16.1. The predicted molar refractivity (Wildman–Crippen MR) is 79.3 cm³/mol. The third kappa shape index (κ3) is 1.76. The van der Waals surface area contributed by atoms with E-state index in [0.717, 1.165) is 16.6 Å². The van der Waals surface area contributed by atoms with Crippen LogP contribution in [-0.2, 0) is 13.6 Å². The fraction of sp³-hybridized carbons (Fsp3) is 0.133. The van der Waals surface area contributed by atoms with Crippen molar-refractivity contribution in [2.24, 2.45) is 7.05 Å². The summed E-state index contributed by atoms with van der Waals surface area (Å²) in [5.74, 6) is 0. The fourth-order valence-electron chi connectivity index (χ4n) is 2.68. The molecule has 0 saturated carbocycles. The van der Waals surface area contributed by atoms with Gasteiger partial charge in [-0.1, -0.05) is 12.1 Å². The molecule has 3 heterocycles. The van der Waals surface area contributed by atoms with Crippen LogP contribution in [0.5, 0.6) is 0 Å². The lowest BCUT2D eigenvalue weighted by molar-refractivity contribution is 0.761. The zero-order valence-electron chi connectivity index (χ0n) is 11.5. The molecule has 0 bridgehead atoms. The van der Waals surface area contributed by atoms with Crippen molar-refractivity contribution in [1.82, 2.24) is 23.7 Å². The van der Waals surface area contributed by atoms with Gasteiger partial charge in [0.15, 0.2) is 0 Å². The van der Waals surface area contributed by atoms with E-state index in [1.54, 1.807) is 28.0 Å². The molecule has 0 radical (unpaired) electrons. The van der Waals surface area contributed by atoms with Crippen molar-refractivity contribution in [2.45, 2.75) is 6.54 Å². The highest BCUT2D eigenvalue weighted by Gasteiger charge is 2.11. The summed E-state index contributed by atoms with van der Waals surface area (Å²) < 4.78 is 5.33. The molecule has 104 valence electrons. The van der Waals surface area contributed by atoms with Crippen molar-refractivity contribution in [3.05, 3.63) is 65.1 Å². The monoisotopic (exact) mass is 279 g/mol. The Morgan fingerprint density at radius 2 is 1.90 bits per heavy atom. The number of aromatic nitrogens is 5. The number of aryl methyl sites for hydroxylation is 1. The normalized spacial score (nSPS) is 11.5. The molecule has 0 fully saturated rings. The topological polar surface area (TPSA) is 57.1 Å². The molecule has 3 aromatic heterocycles. The molecule has 0 aliphatic rings. The summed E-state index contributed by atoms with van der Waals surface area (Å²) in [6.45, 7) is 0.495. The first-order chi connectivity index (χ1) is 10.2. The summed E-state index contributed by atoms with van der Waals surface area (Å²) in [7, 11) is 1.87. The fourth-order valence-corrected chi connectivity index (χ4v) is 2.68. The molecule has 4 aromatic rings. The molecule has 0 aliphatic heterocycles. The van der Waals surface area contributed by atoms with E-state index in [1.165, 1.54) is 0 Å². The predicted octanol–water partition coefficient (Wildman–Crippen LogP) is 1.43. The number of benzene rings is 1. The Morgan fingerprint density at radius 3 is 2.67 bits per heavy atom. The van der Waals surface area contributed by atoms with E-state index >= 15 is 0 Å². The second kappa shape index (κ2) is 4.31. The number of imidazole rings is 1. The molecule has 0 aliphatic carbocycles. The average molecular weight is 279 g/mol. The van der Waals surface area contributed by atoms with Gasteiger partial charge in [0, 0.05) is 18.8 Å². The molecule has 0 atom stereocenters. The Bertz CT molecular complexity index is 1010. The minimum Gasteiger partial charge on any atom is -0.300 e. The first-order valence-corrected chi connectivity index (χ1v) is 6.65. The average Bonchev–Trinajstić information content (AvgIpc) is 3.12. The van der Waals surface area contributed by atoms with E-state index in [0.29, 0.717) is 12.1 Å². The van der Waals surface area contributed by atoms with E-state index in [9.17, 15) is 4.79 Å². The Kier molecular flexibility index (Phi) is 2.44. The van der Waals surface area contributed by atoms with Crippen molar-refractivity contribution in [2.75, 3.05) is 0 Å². The van der Waals surface area contributed by atoms with Gasteiger partial charge in [0.1, 0.15) is 5.52 Å². The standard InChI is InChI=1S/C15H13N5O/c1-18-8-11(6-17-18)9-19-12-4-2-3-5-13(12)20-10-16-7-14(20)15(19)21/h2-8,10H,9H2,1H3. The summed E-state index contributed by atoms with van der Waals surface area (Å²) in [5.41, 5.74) is 3.38. The van der Waals surface area contributed by atoms with Gasteiger partial charge in [-0.05, 0) is 12.1 Å². The largest absolute Gasteiger partial charge is 0.300 e. The molecule has 0 saturated heterocycles. The van der Waals surface area contributed by atoms with E-state index in [4.69, 9.17) is 0 Å². The van der Waals surface area contributed by atoms with Gasteiger partial charge in [-0.25, -0.2) is 4.98 Å². The van der Waals surface area contributed by atoms with Gasteiger partial charge >= 0.3 is 0 Å². The molecule has 1 aromatic carbocycles. The Hall–Kier alpha value is -2.89. The quantitative estimate of drug-likeness (QED) is 0.558. The van der Waals surface area contributed by atoms with Gasteiger partial charge in [-0.3, -0.25) is 13.9 Å². The number of rotatable bonds is 2. The Labute approximate surface area is 119 Å². The van der Waals surface area contributed by atoms with Crippen LogP contribution < -0.4 is 5.56 Å². The van der Waals surface area contributed by atoms with Crippen LogP contribution in [0.4, 0.5) is 0 Å². The molecule has 0 spiro atoms. The zero-order valence-corrected chi connectivity index (χ0v) is 11.5. The van der Waals surface area contributed by atoms with Crippen LogP contribution in [0.25, 0.3) is 16.6 Å². The van der Waals surface area contributed by atoms with E-state index in [2.05, 4.69) is 10.1 Å². The molecule has 0 unspecified atom stereocenters. The van der Waals surface area contributed by atoms with Gasteiger partial charge in [0.2, 0.25) is 0 Å². The van der Waals surface area contributed by atoms with Crippen LogP contribution in [0.3, 0.4) is 0 Å². The maximum atomic E-state index is 12.7. The summed E-state index contributed by atoms with van der Waals surface area (Å²) in [5, 5.41) is 4.16. The lowest BCUT2D eigenvalue weighted by Gasteiger charge is -2.11. The number of hydrogen-bond acceptors (Lipinski definition) is 3. The summed E-state index contributed by atoms with van der Waals surface area (Å²) in [6.07, 6.45) is 6.98. The van der Waals surface area contributed by atoms with Gasteiger partial charge in [0.05, 0.1) is 36.3 Å². The van der Waals surface area contributed by atoms with Crippen molar-refractivity contribution >= 4 is 16.6 Å². The molecule has 0 N–H and O–H groups in total. The molecule has 21 heavy (non-hydrogen) atoms. The number of fused-ring (bicyclic) bond motifs is 3. The van der Waals surface area contributed by atoms with Gasteiger partial charge < -0.3 is 4.57 Å². The van der Waals surface area contributed by atoms with Crippen molar-refractivity contribution in [3.63, 3.8) is 0 Å². The minimum atomic E-state index is -0.0462. The lowest BCUT2D eigenvalue weighted by atomic mass is 10.2. The Morgan fingerprint density at radius 1 is 1.10 bits per heavy atom. The molecular weight excluding hydrogens is 266 g/mol. The van der Waals surface area contributed by atoms with Crippen molar-refractivity contribution in [1.29, 1.82) is 0 Å². The minimum absolute atomic E-state index is 0.0462. The van der Waals surface area contributed by atoms with Crippen LogP contribution in [0, 0.1) is 0 Å². The highest BCUT2D eigenvalue weighted by molar-refractivity contribution is 5.78. The van der Waals surface area contributed by atoms with Crippen molar-refractivity contribution in [3.8, 4) is 0 Å². The zero-order chi connectivity index (χ0) is 14.4. The summed E-state index contributed by atoms with van der Waals surface area (Å²) in [4.78, 5) is 16.8. The number of para-hydroxylation sites is 2. The number of hydrogen-bond donors (Lipinski definition) is 0. The molecular formula is C15H13N5O. The maximum absolute atomic E-state index is 12.7. The van der Waals surface area contributed by atoms with E-state index in [-0.39, 0.29) is 5.56 Å². The Balaban J connectivity index is 2.05. The second-order valence-corrected chi connectivity index (χ2v) is 5.05. The van der Waals surface area contributed by atoms with Gasteiger partial charge in [-0.2, -0.15) is 5.10 Å². The lowest BCUT2D eigenvalue weighted by Crippen LogP contribution is -2.23. The van der Waals surface area contributed by atoms with E-state index < -0.39 is 0 Å². The first-order valence-electron chi connectivity index (χ1n) is 6.65.